The highest BCUT2D eigenvalue weighted by molar-refractivity contribution is 5.68. The molecule has 2 aliphatic rings. The van der Waals surface area contributed by atoms with Gasteiger partial charge >= 0.3 is 6.09 Å². The zero-order valence-electron chi connectivity index (χ0n) is 14.9. The van der Waals surface area contributed by atoms with Crippen LogP contribution in [0.4, 0.5) is 4.79 Å². The van der Waals surface area contributed by atoms with Gasteiger partial charge < -0.3 is 19.5 Å². The first-order valence-electron chi connectivity index (χ1n) is 8.65. The number of aromatic nitrogens is 2. The maximum absolute atomic E-state index is 11.8. The molecule has 0 saturated heterocycles. The second-order valence-electron chi connectivity index (χ2n) is 7.32. The number of alkyl carbamates (subject to hydrolysis) is 1. The van der Waals surface area contributed by atoms with Crippen molar-refractivity contribution in [3.63, 3.8) is 0 Å². The van der Waals surface area contributed by atoms with E-state index in [1.807, 2.05) is 26.8 Å². The molecule has 3 rings (SSSR count). The number of ether oxygens (including phenoxy) is 3. The van der Waals surface area contributed by atoms with Crippen LogP contribution < -0.4 is 10.1 Å². The van der Waals surface area contributed by atoms with Gasteiger partial charge in [0.25, 0.3) is 0 Å². The molecule has 0 bridgehead atoms. The van der Waals surface area contributed by atoms with Crippen molar-refractivity contribution in [3.05, 3.63) is 24.2 Å². The Labute approximate surface area is 147 Å². The van der Waals surface area contributed by atoms with E-state index >= 15 is 0 Å². The molecular weight excluding hydrogens is 322 g/mol. The summed E-state index contributed by atoms with van der Waals surface area (Å²) in [6, 6.07) is 0.0715. The summed E-state index contributed by atoms with van der Waals surface area (Å²) < 4.78 is 16.6. The second-order valence-corrected chi connectivity index (χ2v) is 7.32. The van der Waals surface area contributed by atoms with Crippen LogP contribution in [-0.4, -0.2) is 47.0 Å². The molecule has 1 aromatic rings. The van der Waals surface area contributed by atoms with E-state index < -0.39 is 5.60 Å². The summed E-state index contributed by atoms with van der Waals surface area (Å²) in [4.78, 5) is 20.5. The van der Waals surface area contributed by atoms with Gasteiger partial charge in [0.15, 0.2) is 0 Å². The first-order valence-corrected chi connectivity index (χ1v) is 8.65. The Kier molecular flexibility index (Phi) is 5.22. The van der Waals surface area contributed by atoms with E-state index in [0.29, 0.717) is 19.1 Å². The lowest BCUT2D eigenvalue weighted by Gasteiger charge is -2.36. The molecule has 0 atom stereocenters. The van der Waals surface area contributed by atoms with Crippen molar-refractivity contribution in [2.24, 2.45) is 0 Å². The maximum Gasteiger partial charge on any atom is 0.407 e. The molecule has 1 aromatic heterocycles. The van der Waals surface area contributed by atoms with E-state index in [1.54, 1.807) is 12.4 Å². The van der Waals surface area contributed by atoms with Crippen molar-refractivity contribution in [2.45, 2.75) is 57.8 Å². The third-order valence-corrected chi connectivity index (χ3v) is 4.03. The Bertz CT molecular complexity index is 648. The molecule has 0 aromatic carbocycles. The summed E-state index contributed by atoms with van der Waals surface area (Å²) in [7, 11) is 0. The standard InChI is InChI=1S/C18H25N3O4/c1-18(2,3)25-17(22)21-13-10-14(11-13)24-16-15(19-6-7-20-16)12-4-8-23-9-5-12/h4,6-7,13-14H,5,8-11H2,1-3H3,(H,21,22). The number of rotatable bonds is 4. The zero-order chi connectivity index (χ0) is 17.9. The van der Waals surface area contributed by atoms with E-state index in [2.05, 4.69) is 15.3 Å². The highest BCUT2D eigenvalue weighted by Gasteiger charge is 2.34. The van der Waals surface area contributed by atoms with Gasteiger partial charge in [-0.25, -0.2) is 14.8 Å². The molecule has 0 spiro atoms. The molecule has 1 aliphatic carbocycles. The third kappa shape index (κ3) is 4.92. The van der Waals surface area contributed by atoms with Gasteiger partial charge in [0.05, 0.1) is 13.2 Å². The Morgan fingerprint density at radius 1 is 1.28 bits per heavy atom. The molecule has 0 unspecified atom stereocenters. The topological polar surface area (TPSA) is 82.6 Å². The minimum atomic E-state index is -0.490. The van der Waals surface area contributed by atoms with Crippen molar-refractivity contribution >= 4 is 11.7 Å². The molecule has 1 N–H and O–H groups in total. The lowest BCUT2D eigenvalue weighted by molar-refractivity contribution is 0.0353. The van der Waals surface area contributed by atoms with Crippen molar-refractivity contribution in [1.29, 1.82) is 0 Å². The van der Waals surface area contributed by atoms with Gasteiger partial charge in [-0.2, -0.15) is 0 Å². The quantitative estimate of drug-likeness (QED) is 0.902. The minimum Gasteiger partial charge on any atom is -0.473 e. The average Bonchev–Trinajstić information content (AvgIpc) is 2.52. The summed E-state index contributed by atoms with van der Waals surface area (Å²) in [5.74, 6) is 0.552. The van der Waals surface area contributed by atoms with E-state index in [9.17, 15) is 4.79 Å². The van der Waals surface area contributed by atoms with Crippen LogP contribution in [0.2, 0.25) is 0 Å². The van der Waals surface area contributed by atoms with Crippen LogP contribution in [0, 0.1) is 0 Å². The van der Waals surface area contributed by atoms with Crippen molar-refractivity contribution in [2.75, 3.05) is 13.2 Å². The second kappa shape index (κ2) is 7.39. The van der Waals surface area contributed by atoms with Crippen LogP contribution in [0.25, 0.3) is 5.57 Å². The summed E-state index contributed by atoms with van der Waals surface area (Å²) in [5.41, 5.74) is 1.40. The molecule has 7 nitrogen and oxygen atoms in total. The van der Waals surface area contributed by atoms with Gasteiger partial charge in [-0.15, -0.1) is 0 Å². The molecule has 2 heterocycles. The first-order chi connectivity index (χ1) is 11.9. The van der Waals surface area contributed by atoms with Crippen LogP contribution in [0.3, 0.4) is 0 Å². The van der Waals surface area contributed by atoms with Crippen molar-refractivity contribution in [1.82, 2.24) is 15.3 Å². The van der Waals surface area contributed by atoms with Crippen LogP contribution in [-0.2, 0) is 9.47 Å². The van der Waals surface area contributed by atoms with Crippen molar-refractivity contribution < 1.29 is 19.0 Å². The Morgan fingerprint density at radius 3 is 2.72 bits per heavy atom. The molecular formula is C18H25N3O4. The Balaban J connectivity index is 1.52. The zero-order valence-corrected chi connectivity index (χ0v) is 14.9. The minimum absolute atomic E-state index is 0.0239. The lowest BCUT2D eigenvalue weighted by atomic mass is 9.89. The maximum atomic E-state index is 11.8. The monoisotopic (exact) mass is 347 g/mol. The smallest absolute Gasteiger partial charge is 0.407 e. The number of nitrogens with one attached hydrogen (secondary N) is 1. The van der Waals surface area contributed by atoms with E-state index in [1.165, 1.54) is 0 Å². The molecule has 1 fully saturated rings. The molecule has 7 heteroatoms. The molecule has 1 amide bonds. The summed E-state index contributed by atoms with van der Waals surface area (Å²) in [5, 5.41) is 2.86. The summed E-state index contributed by atoms with van der Waals surface area (Å²) in [6.07, 6.45) is 7.24. The predicted molar refractivity (Wildman–Crippen MR) is 92.3 cm³/mol. The van der Waals surface area contributed by atoms with Gasteiger partial charge in [0.2, 0.25) is 5.88 Å². The van der Waals surface area contributed by atoms with Crippen LogP contribution in [0.15, 0.2) is 18.5 Å². The fourth-order valence-corrected chi connectivity index (χ4v) is 2.79. The van der Waals surface area contributed by atoms with Gasteiger partial charge in [0, 0.05) is 31.3 Å². The van der Waals surface area contributed by atoms with Gasteiger partial charge in [-0.05, 0) is 32.8 Å². The summed E-state index contributed by atoms with van der Waals surface area (Å²) in [6.45, 7) is 6.82. The van der Waals surface area contributed by atoms with E-state index in [4.69, 9.17) is 14.2 Å². The number of amides is 1. The average molecular weight is 347 g/mol. The van der Waals surface area contributed by atoms with E-state index in [-0.39, 0.29) is 18.2 Å². The van der Waals surface area contributed by atoms with Crippen molar-refractivity contribution in [3.8, 4) is 5.88 Å². The van der Waals surface area contributed by atoms with Crippen LogP contribution in [0.1, 0.15) is 45.7 Å². The fourth-order valence-electron chi connectivity index (χ4n) is 2.79. The normalized spacial score (nSPS) is 23.2. The van der Waals surface area contributed by atoms with Gasteiger partial charge in [-0.1, -0.05) is 6.08 Å². The number of nitrogens with zero attached hydrogens (tertiary/aromatic N) is 2. The fraction of sp³-hybridized carbons (Fsp3) is 0.611. The third-order valence-electron chi connectivity index (χ3n) is 4.03. The number of hydrogen-bond donors (Lipinski definition) is 1. The molecule has 1 aliphatic heterocycles. The highest BCUT2D eigenvalue weighted by Crippen LogP contribution is 2.30. The number of carbonyl (C=O) groups excluding carboxylic acids is 1. The van der Waals surface area contributed by atoms with Gasteiger partial charge in [-0.3, -0.25) is 0 Å². The molecule has 1 saturated carbocycles. The first kappa shape index (κ1) is 17.7. The van der Waals surface area contributed by atoms with Crippen LogP contribution in [0.5, 0.6) is 5.88 Å². The highest BCUT2D eigenvalue weighted by atomic mass is 16.6. The molecule has 25 heavy (non-hydrogen) atoms. The van der Waals surface area contributed by atoms with E-state index in [0.717, 1.165) is 30.5 Å². The Hall–Kier alpha value is -2.15. The molecule has 136 valence electrons. The summed E-state index contributed by atoms with van der Waals surface area (Å²) >= 11 is 0. The molecule has 0 radical (unpaired) electrons. The largest absolute Gasteiger partial charge is 0.473 e. The van der Waals surface area contributed by atoms with Crippen LogP contribution >= 0.6 is 0 Å². The lowest BCUT2D eigenvalue weighted by Crippen LogP contribution is -2.50. The predicted octanol–water partition coefficient (Wildman–Crippen LogP) is 2.71. The SMILES string of the molecule is CC(C)(C)OC(=O)NC1CC(Oc2nccnc2C2=CCOCC2)C1. The Morgan fingerprint density at radius 2 is 2.04 bits per heavy atom. The number of carbonyl (C=O) groups is 1. The number of hydrogen-bond acceptors (Lipinski definition) is 6. The van der Waals surface area contributed by atoms with Gasteiger partial charge in [0.1, 0.15) is 17.4 Å².